The molecule has 0 N–H and O–H groups in total. The number of aromatic nitrogens is 1. The summed E-state index contributed by atoms with van der Waals surface area (Å²) in [6.45, 7) is 13.5. The van der Waals surface area contributed by atoms with Crippen LogP contribution < -0.4 is 0 Å². The summed E-state index contributed by atoms with van der Waals surface area (Å²) in [6.07, 6.45) is 1.75. The summed E-state index contributed by atoms with van der Waals surface area (Å²) in [5.41, 5.74) is 6.88. The number of nitrogens with zero attached hydrogens (tertiary/aromatic N) is 1. The molecule has 0 aliphatic heterocycles. The van der Waals surface area contributed by atoms with Crippen LogP contribution in [0, 0.1) is 19.7 Å². The Labute approximate surface area is 185 Å². The van der Waals surface area contributed by atoms with Gasteiger partial charge in [0.15, 0.2) is 0 Å². The molecular formula is C28H33F2N. The maximum atomic E-state index is 13.4. The predicted octanol–water partition coefficient (Wildman–Crippen LogP) is 8.86. The molecule has 0 radical (unpaired) electrons. The summed E-state index contributed by atoms with van der Waals surface area (Å²) >= 11 is 0. The van der Waals surface area contributed by atoms with Crippen LogP contribution in [-0.2, 0) is 0 Å². The molecule has 0 aliphatic carbocycles. The number of alkyl halides is 1. The monoisotopic (exact) mass is 421 g/mol. The molecule has 0 saturated carbocycles. The van der Waals surface area contributed by atoms with Crippen molar-refractivity contribution in [1.82, 2.24) is 4.57 Å². The molecule has 4 rings (SSSR count). The average Bonchev–Trinajstić information content (AvgIpc) is 3.10. The second kappa shape index (κ2) is 13.2. The summed E-state index contributed by atoms with van der Waals surface area (Å²) < 4.78 is 25.2. The van der Waals surface area contributed by atoms with Gasteiger partial charge in [-0.15, -0.1) is 6.58 Å². The summed E-state index contributed by atoms with van der Waals surface area (Å²) in [5, 5.41) is 1.22. The van der Waals surface area contributed by atoms with E-state index in [9.17, 15) is 8.78 Å². The second-order valence-electron chi connectivity index (χ2n) is 6.53. The van der Waals surface area contributed by atoms with Gasteiger partial charge in [-0.1, -0.05) is 56.3 Å². The Bertz CT molecular complexity index is 1080. The van der Waals surface area contributed by atoms with E-state index in [-0.39, 0.29) is 5.82 Å². The number of benzene rings is 3. The van der Waals surface area contributed by atoms with Gasteiger partial charge in [0.2, 0.25) is 0 Å². The van der Waals surface area contributed by atoms with E-state index in [4.69, 9.17) is 0 Å². The number of allylic oxidation sites excluding steroid dienone is 1. The third-order valence-corrected chi connectivity index (χ3v) is 4.60. The van der Waals surface area contributed by atoms with Crippen molar-refractivity contribution >= 4 is 10.9 Å². The van der Waals surface area contributed by atoms with Gasteiger partial charge in [0.05, 0.1) is 18.4 Å². The molecule has 0 atom stereocenters. The molecule has 3 heteroatoms. The Balaban J connectivity index is 0.000000620. The first-order chi connectivity index (χ1) is 15.1. The van der Waals surface area contributed by atoms with Gasteiger partial charge in [-0.3, -0.25) is 4.39 Å². The number of halogens is 2. The lowest BCUT2D eigenvalue weighted by Crippen LogP contribution is -1.99. The summed E-state index contributed by atoms with van der Waals surface area (Å²) in [5.74, 6) is -0.213. The molecule has 31 heavy (non-hydrogen) atoms. The molecule has 3 aromatic carbocycles. The maximum Gasteiger partial charge on any atom is 0.123 e. The van der Waals surface area contributed by atoms with Crippen LogP contribution in [0.4, 0.5) is 8.78 Å². The molecule has 0 unspecified atom stereocenters. The number of fused-ring (bicyclic) bond motifs is 1. The average molecular weight is 422 g/mol. The molecule has 4 aromatic rings. The van der Waals surface area contributed by atoms with Crippen molar-refractivity contribution in [2.75, 3.05) is 7.18 Å². The first kappa shape index (κ1) is 25.8. The highest BCUT2D eigenvalue weighted by atomic mass is 19.1. The minimum absolute atomic E-state index is 0.213. The third-order valence-electron chi connectivity index (χ3n) is 4.60. The van der Waals surface area contributed by atoms with Crippen LogP contribution in [-0.4, -0.2) is 11.7 Å². The normalized spacial score (nSPS) is 9.42. The molecule has 1 heterocycles. The lowest BCUT2D eigenvalue weighted by molar-refractivity contribution is 0.628. The minimum Gasteiger partial charge on any atom is -0.309 e. The number of para-hydroxylation sites is 2. The summed E-state index contributed by atoms with van der Waals surface area (Å²) in [4.78, 5) is 0. The first-order valence-electron chi connectivity index (χ1n) is 10.4. The fraction of sp³-hybridized carbons (Fsp3) is 0.214. The fourth-order valence-corrected chi connectivity index (χ4v) is 3.42. The Hall–Kier alpha value is -3.20. The topological polar surface area (TPSA) is 4.93 Å². The molecule has 0 saturated heterocycles. The van der Waals surface area contributed by atoms with Gasteiger partial charge >= 0.3 is 0 Å². The van der Waals surface area contributed by atoms with Crippen LogP contribution in [0.1, 0.15) is 31.9 Å². The zero-order valence-electron chi connectivity index (χ0n) is 19.4. The first-order valence-corrected chi connectivity index (χ1v) is 10.4. The molecule has 0 spiro atoms. The van der Waals surface area contributed by atoms with E-state index in [0.717, 1.165) is 16.9 Å². The van der Waals surface area contributed by atoms with Crippen LogP contribution in [0.25, 0.3) is 27.8 Å². The Kier molecular flexibility index (Phi) is 11.0. The Morgan fingerprint density at radius 1 is 0.806 bits per heavy atom. The molecule has 0 amide bonds. The fourth-order valence-electron chi connectivity index (χ4n) is 3.42. The molecule has 1 nitrogen and oxygen atoms in total. The van der Waals surface area contributed by atoms with Gasteiger partial charge in [-0.2, -0.15) is 0 Å². The van der Waals surface area contributed by atoms with E-state index in [1.54, 1.807) is 6.08 Å². The Morgan fingerprint density at radius 2 is 1.32 bits per heavy atom. The van der Waals surface area contributed by atoms with Crippen molar-refractivity contribution < 1.29 is 8.78 Å². The number of rotatable bonds is 2. The van der Waals surface area contributed by atoms with Gasteiger partial charge in [-0.25, -0.2) is 4.39 Å². The highest BCUT2D eigenvalue weighted by Gasteiger charge is 2.17. The van der Waals surface area contributed by atoms with Gasteiger partial charge in [0.1, 0.15) is 5.82 Å². The zero-order valence-corrected chi connectivity index (χ0v) is 19.4. The highest BCUT2D eigenvalue weighted by Crippen LogP contribution is 2.36. The smallest absolute Gasteiger partial charge is 0.123 e. The summed E-state index contributed by atoms with van der Waals surface area (Å²) in [6, 6.07) is 23.5. The van der Waals surface area contributed by atoms with Gasteiger partial charge in [0, 0.05) is 11.1 Å². The van der Waals surface area contributed by atoms with Crippen LogP contribution in [0.5, 0.6) is 0 Å². The second-order valence-corrected chi connectivity index (χ2v) is 6.53. The number of hydrogen-bond acceptors (Lipinski definition) is 0. The van der Waals surface area contributed by atoms with E-state index in [0.29, 0.717) is 7.18 Å². The van der Waals surface area contributed by atoms with Gasteiger partial charge in [-0.05, 0) is 73.9 Å². The molecule has 1 aromatic heterocycles. The van der Waals surface area contributed by atoms with Crippen molar-refractivity contribution in [2.24, 2.45) is 0 Å². The van der Waals surface area contributed by atoms with E-state index in [1.165, 1.54) is 34.2 Å². The zero-order chi connectivity index (χ0) is 23.4. The molecule has 164 valence electrons. The largest absolute Gasteiger partial charge is 0.309 e. The van der Waals surface area contributed by atoms with Crippen molar-refractivity contribution in [3.63, 3.8) is 0 Å². The maximum absolute atomic E-state index is 13.4. The SMILES string of the molecule is C=CC.CC.CF.Cc1ccccc1-n1c(-c2ccc(F)cc2)c(C)c2ccccc21. The lowest BCUT2D eigenvalue weighted by atomic mass is 10.1. The molecule has 0 bridgehead atoms. The van der Waals surface area contributed by atoms with E-state index < -0.39 is 0 Å². The van der Waals surface area contributed by atoms with E-state index >= 15 is 0 Å². The molecular weight excluding hydrogens is 388 g/mol. The quantitative estimate of drug-likeness (QED) is 0.285. The third kappa shape index (κ3) is 5.91. The predicted molar refractivity (Wildman–Crippen MR) is 132 cm³/mol. The van der Waals surface area contributed by atoms with Crippen LogP contribution in [0.2, 0.25) is 0 Å². The molecule has 0 aliphatic rings. The highest BCUT2D eigenvalue weighted by molar-refractivity contribution is 5.93. The molecule has 0 fully saturated rings. The van der Waals surface area contributed by atoms with Gasteiger partial charge < -0.3 is 4.57 Å². The number of hydrogen-bond donors (Lipinski definition) is 0. The van der Waals surface area contributed by atoms with E-state index in [2.05, 4.69) is 73.5 Å². The van der Waals surface area contributed by atoms with Crippen LogP contribution >= 0.6 is 0 Å². The van der Waals surface area contributed by atoms with Crippen molar-refractivity contribution in [3.8, 4) is 16.9 Å². The van der Waals surface area contributed by atoms with E-state index in [1.807, 2.05) is 32.9 Å². The minimum atomic E-state index is -0.213. The van der Waals surface area contributed by atoms with Crippen molar-refractivity contribution in [2.45, 2.75) is 34.6 Å². The lowest BCUT2D eigenvalue weighted by Gasteiger charge is -2.14. The number of aryl methyl sites for hydroxylation is 2. The summed E-state index contributed by atoms with van der Waals surface area (Å²) in [7, 11) is 0.500. The van der Waals surface area contributed by atoms with Crippen LogP contribution in [0.15, 0.2) is 85.5 Å². The Morgan fingerprint density at radius 3 is 1.90 bits per heavy atom. The van der Waals surface area contributed by atoms with Crippen molar-refractivity contribution in [3.05, 3.63) is 102 Å². The van der Waals surface area contributed by atoms with Gasteiger partial charge in [0.25, 0.3) is 0 Å². The van der Waals surface area contributed by atoms with Crippen LogP contribution in [0.3, 0.4) is 0 Å². The van der Waals surface area contributed by atoms with Crippen molar-refractivity contribution in [1.29, 1.82) is 0 Å². The standard InChI is InChI=1S/C22H18FN.C3H6.C2H6.CH3F/c1-15-7-3-5-9-20(15)24-21-10-6-4-8-19(21)16(2)22(24)17-11-13-18(23)14-12-17;1-3-2;2*1-2/h3-14H,1-2H3;3H,1H2,2H3;1-2H3;1H3.